The molecule has 4 nitrogen and oxygen atoms in total. The fraction of sp³-hybridized carbons (Fsp3) is 0.600. The minimum Gasteiger partial charge on any atom is -0.478 e. The summed E-state index contributed by atoms with van der Waals surface area (Å²) in [5, 5.41) is 9.29. The van der Waals surface area contributed by atoms with Gasteiger partial charge in [0, 0.05) is 19.5 Å². The molecule has 2 fully saturated rings. The fourth-order valence-corrected chi connectivity index (χ4v) is 4.19. The molecule has 3 rings (SSSR count). The van der Waals surface area contributed by atoms with Crippen LogP contribution in [0.25, 0.3) is 0 Å². The highest BCUT2D eigenvalue weighted by Crippen LogP contribution is 2.29. The highest BCUT2D eigenvalue weighted by molar-refractivity contribution is 5.89. The number of nitrogens with zero attached hydrogens (tertiary/aromatic N) is 1. The standard InChI is InChI=1S/C20H27NO3/c22-19(14-15-5-1-2-6-15)21-11-9-16(10-12-21)13-17-7-3-4-8-18(17)20(23)24/h3-4,7-8,15-16H,1-2,5-6,9-14H2,(H,23,24). The highest BCUT2D eigenvalue weighted by Gasteiger charge is 2.26. The maximum absolute atomic E-state index is 12.4. The molecule has 0 spiro atoms. The summed E-state index contributed by atoms with van der Waals surface area (Å²) in [6.45, 7) is 1.65. The molecule has 4 heteroatoms. The highest BCUT2D eigenvalue weighted by atomic mass is 16.4. The summed E-state index contributed by atoms with van der Waals surface area (Å²) in [5.41, 5.74) is 1.33. The molecular weight excluding hydrogens is 302 g/mol. The Morgan fingerprint density at radius 3 is 2.33 bits per heavy atom. The summed E-state index contributed by atoms with van der Waals surface area (Å²) in [5.74, 6) is 0.555. The van der Waals surface area contributed by atoms with E-state index >= 15 is 0 Å². The summed E-state index contributed by atoms with van der Waals surface area (Å²) in [4.78, 5) is 25.8. The maximum Gasteiger partial charge on any atom is 0.335 e. The molecule has 0 unspecified atom stereocenters. The lowest BCUT2D eigenvalue weighted by molar-refractivity contribution is -0.133. The lowest BCUT2D eigenvalue weighted by atomic mass is 9.88. The molecule has 1 aromatic carbocycles. The zero-order valence-corrected chi connectivity index (χ0v) is 14.2. The van der Waals surface area contributed by atoms with Crippen LogP contribution in [-0.2, 0) is 11.2 Å². The normalized spacial score (nSPS) is 19.6. The molecule has 1 heterocycles. The smallest absolute Gasteiger partial charge is 0.335 e. The van der Waals surface area contributed by atoms with Crippen molar-refractivity contribution in [1.29, 1.82) is 0 Å². The number of benzene rings is 1. The number of hydrogen-bond acceptors (Lipinski definition) is 2. The number of carbonyl (C=O) groups is 2. The largest absolute Gasteiger partial charge is 0.478 e. The first-order valence-electron chi connectivity index (χ1n) is 9.22. The van der Waals surface area contributed by atoms with Gasteiger partial charge in [0.25, 0.3) is 0 Å². The third-order valence-electron chi connectivity index (χ3n) is 5.66. The average Bonchev–Trinajstić information content (AvgIpc) is 3.09. The molecule has 1 N–H and O–H groups in total. The van der Waals surface area contributed by atoms with Gasteiger partial charge in [-0.3, -0.25) is 4.79 Å². The van der Waals surface area contributed by atoms with Gasteiger partial charge in [-0.15, -0.1) is 0 Å². The van der Waals surface area contributed by atoms with E-state index in [4.69, 9.17) is 0 Å². The van der Waals surface area contributed by atoms with Gasteiger partial charge in [0.1, 0.15) is 0 Å². The van der Waals surface area contributed by atoms with Crippen LogP contribution in [0, 0.1) is 11.8 Å². The molecule has 1 aliphatic carbocycles. The van der Waals surface area contributed by atoms with Gasteiger partial charge in [-0.1, -0.05) is 31.0 Å². The number of aromatic carboxylic acids is 1. The first-order chi connectivity index (χ1) is 11.6. The van der Waals surface area contributed by atoms with Crippen molar-refractivity contribution in [2.24, 2.45) is 11.8 Å². The van der Waals surface area contributed by atoms with E-state index in [2.05, 4.69) is 0 Å². The molecule has 0 aromatic heterocycles. The molecule has 130 valence electrons. The topological polar surface area (TPSA) is 57.6 Å². The first kappa shape index (κ1) is 17.0. The summed E-state index contributed by atoms with van der Waals surface area (Å²) in [6, 6.07) is 7.28. The first-order valence-corrected chi connectivity index (χ1v) is 9.22. The Morgan fingerprint density at radius 1 is 1.00 bits per heavy atom. The van der Waals surface area contributed by atoms with E-state index in [0.717, 1.165) is 44.3 Å². The Morgan fingerprint density at radius 2 is 1.67 bits per heavy atom. The predicted molar refractivity (Wildman–Crippen MR) is 93.0 cm³/mol. The second kappa shape index (κ2) is 7.82. The van der Waals surface area contributed by atoms with E-state index in [1.807, 2.05) is 17.0 Å². The Kier molecular flexibility index (Phi) is 5.54. The van der Waals surface area contributed by atoms with E-state index in [9.17, 15) is 14.7 Å². The number of carboxylic acids is 1. The van der Waals surface area contributed by atoms with Crippen LogP contribution in [0.4, 0.5) is 0 Å². The van der Waals surface area contributed by atoms with Crippen LogP contribution < -0.4 is 0 Å². The van der Waals surface area contributed by atoms with Crippen LogP contribution in [0.2, 0.25) is 0 Å². The summed E-state index contributed by atoms with van der Waals surface area (Å²) < 4.78 is 0. The number of likely N-dealkylation sites (tertiary alicyclic amines) is 1. The quantitative estimate of drug-likeness (QED) is 0.895. The maximum atomic E-state index is 12.4. The molecular formula is C20H27NO3. The van der Waals surface area contributed by atoms with Crippen molar-refractivity contribution in [3.05, 3.63) is 35.4 Å². The van der Waals surface area contributed by atoms with Gasteiger partial charge >= 0.3 is 5.97 Å². The third kappa shape index (κ3) is 4.16. The molecule has 1 saturated carbocycles. The van der Waals surface area contributed by atoms with E-state index in [0.29, 0.717) is 23.3 Å². The van der Waals surface area contributed by atoms with Crippen molar-refractivity contribution in [3.8, 4) is 0 Å². The third-order valence-corrected chi connectivity index (χ3v) is 5.66. The van der Waals surface area contributed by atoms with Gasteiger partial charge in [0.2, 0.25) is 5.91 Å². The van der Waals surface area contributed by atoms with Gasteiger partial charge in [-0.2, -0.15) is 0 Å². The zero-order valence-electron chi connectivity index (χ0n) is 14.2. The predicted octanol–water partition coefficient (Wildman–Crippen LogP) is 3.75. The van der Waals surface area contributed by atoms with Crippen molar-refractivity contribution in [2.75, 3.05) is 13.1 Å². The fourth-order valence-electron chi connectivity index (χ4n) is 4.19. The van der Waals surface area contributed by atoms with Gasteiger partial charge in [0.05, 0.1) is 5.56 Å². The van der Waals surface area contributed by atoms with Crippen molar-refractivity contribution in [1.82, 2.24) is 4.90 Å². The molecule has 0 radical (unpaired) electrons. The van der Waals surface area contributed by atoms with Crippen LogP contribution >= 0.6 is 0 Å². The number of rotatable bonds is 5. The molecule has 0 atom stereocenters. The summed E-state index contributed by atoms with van der Waals surface area (Å²) in [6.07, 6.45) is 8.47. The van der Waals surface area contributed by atoms with Crippen LogP contribution in [0.15, 0.2) is 24.3 Å². The lowest BCUT2D eigenvalue weighted by Gasteiger charge is -2.33. The monoisotopic (exact) mass is 329 g/mol. The molecule has 24 heavy (non-hydrogen) atoms. The number of piperidine rings is 1. The average molecular weight is 329 g/mol. The van der Waals surface area contributed by atoms with Crippen molar-refractivity contribution >= 4 is 11.9 Å². The number of hydrogen-bond donors (Lipinski definition) is 1. The minimum atomic E-state index is -0.852. The Hall–Kier alpha value is -1.84. The Labute approximate surface area is 143 Å². The van der Waals surface area contributed by atoms with Gasteiger partial charge in [-0.25, -0.2) is 4.79 Å². The van der Waals surface area contributed by atoms with E-state index in [-0.39, 0.29) is 0 Å². The second-order valence-corrected chi connectivity index (χ2v) is 7.35. The molecule has 1 aromatic rings. The van der Waals surface area contributed by atoms with Crippen molar-refractivity contribution in [3.63, 3.8) is 0 Å². The van der Waals surface area contributed by atoms with Crippen LogP contribution in [0.1, 0.15) is 60.9 Å². The van der Waals surface area contributed by atoms with E-state index < -0.39 is 5.97 Å². The summed E-state index contributed by atoms with van der Waals surface area (Å²) in [7, 11) is 0. The van der Waals surface area contributed by atoms with Crippen LogP contribution in [0.5, 0.6) is 0 Å². The van der Waals surface area contributed by atoms with Crippen molar-refractivity contribution in [2.45, 2.75) is 51.4 Å². The minimum absolute atomic E-state index is 0.325. The number of carbonyl (C=O) groups excluding carboxylic acids is 1. The SMILES string of the molecule is O=C(O)c1ccccc1CC1CCN(C(=O)CC2CCCC2)CC1. The van der Waals surface area contributed by atoms with Gasteiger partial charge in [0.15, 0.2) is 0 Å². The van der Waals surface area contributed by atoms with Crippen LogP contribution in [-0.4, -0.2) is 35.0 Å². The molecule has 2 aliphatic rings. The van der Waals surface area contributed by atoms with E-state index in [1.165, 1.54) is 25.7 Å². The molecule has 1 aliphatic heterocycles. The van der Waals surface area contributed by atoms with Gasteiger partial charge < -0.3 is 10.0 Å². The Bertz CT molecular complexity index is 584. The number of amides is 1. The van der Waals surface area contributed by atoms with E-state index in [1.54, 1.807) is 12.1 Å². The van der Waals surface area contributed by atoms with Crippen molar-refractivity contribution < 1.29 is 14.7 Å². The molecule has 1 saturated heterocycles. The van der Waals surface area contributed by atoms with Gasteiger partial charge in [-0.05, 0) is 55.6 Å². The lowest BCUT2D eigenvalue weighted by Crippen LogP contribution is -2.39. The Balaban J connectivity index is 1.50. The number of carboxylic acid groups (broad SMARTS) is 1. The zero-order chi connectivity index (χ0) is 16.9. The summed E-state index contributed by atoms with van der Waals surface area (Å²) >= 11 is 0. The molecule has 1 amide bonds. The second-order valence-electron chi connectivity index (χ2n) is 7.35. The van der Waals surface area contributed by atoms with Crippen LogP contribution in [0.3, 0.4) is 0 Å². The molecule has 0 bridgehead atoms.